The highest BCUT2D eigenvalue weighted by atomic mass is 19.1. The van der Waals surface area contributed by atoms with Gasteiger partial charge in [-0.15, -0.1) is 0 Å². The summed E-state index contributed by atoms with van der Waals surface area (Å²) in [4.78, 5) is 15.5. The number of rotatable bonds is 3. The standard InChI is InChI=1S/C21H21FN6O/c1-13-9-27(5-4-23-13)17-2-3-19-14(6-17)8-24-20(26-19)15-7-18(22)21-25-16(12-29)11-28(21)10-15/h2-3,6-8,10-11,13,23,29H,4-5,9,12H2,1H3. The van der Waals surface area contributed by atoms with Crippen molar-refractivity contribution in [3.63, 3.8) is 0 Å². The fraction of sp³-hybridized carbons (Fsp3) is 0.286. The predicted octanol–water partition coefficient (Wildman–Crippen LogP) is 2.37. The van der Waals surface area contributed by atoms with Gasteiger partial charge in [-0.3, -0.25) is 0 Å². The van der Waals surface area contributed by atoms with Gasteiger partial charge < -0.3 is 19.7 Å². The van der Waals surface area contributed by atoms with E-state index in [1.165, 1.54) is 6.07 Å². The summed E-state index contributed by atoms with van der Waals surface area (Å²) < 4.78 is 16.0. The fourth-order valence-electron chi connectivity index (χ4n) is 3.83. The van der Waals surface area contributed by atoms with Gasteiger partial charge in [-0.05, 0) is 31.2 Å². The summed E-state index contributed by atoms with van der Waals surface area (Å²) in [5, 5.41) is 13.6. The first kappa shape index (κ1) is 18.0. The van der Waals surface area contributed by atoms with Crippen LogP contribution in [0.15, 0.2) is 42.9 Å². The third kappa shape index (κ3) is 3.30. The Labute approximate surface area is 166 Å². The number of anilines is 1. The smallest absolute Gasteiger partial charge is 0.173 e. The van der Waals surface area contributed by atoms with Crippen LogP contribution < -0.4 is 10.2 Å². The topological polar surface area (TPSA) is 78.6 Å². The largest absolute Gasteiger partial charge is 0.390 e. The molecule has 148 valence electrons. The molecule has 1 atom stereocenters. The Kier molecular flexibility index (Phi) is 4.37. The maximum atomic E-state index is 14.5. The van der Waals surface area contributed by atoms with Crippen molar-refractivity contribution < 1.29 is 9.50 Å². The first-order valence-electron chi connectivity index (χ1n) is 9.64. The van der Waals surface area contributed by atoms with E-state index in [4.69, 9.17) is 0 Å². The molecule has 1 fully saturated rings. The molecular weight excluding hydrogens is 371 g/mol. The summed E-state index contributed by atoms with van der Waals surface area (Å²) in [5.74, 6) is -0.0323. The Hall–Kier alpha value is -3.10. The van der Waals surface area contributed by atoms with Crippen molar-refractivity contribution in [3.05, 3.63) is 54.4 Å². The Morgan fingerprint density at radius 2 is 2.14 bits per heavy atom. The Morgan fingerprint density at radius 3 is 2.97 bits per heavy atom. The van der Waals surface area contributed by atoms with E-state index in [9.17, 15) is 9.50 Å². The van der Waals surface area contributed by atoms with Gasteiger partial charge in [-0.2, -0.15) is 0 Å². The Bertz CT molecular complexity index is 1210. The number of halogens is 1. The quantitative estimate of drug-likeness (QED) is 0.557. The second kappa shape index (κ2) is 7.06. The third-order valence-electron chi connectivity index (χ3n) is 5.27. The van der Waals surface area contributed by atoms with Crippen molar-refractivity contribution >= 4 is 22.2 Å². The predicted molar refractivity (Wildman–Crippen MR) is 109 cm³/mol. The summed E-state index contributed by atoms with van der Waals surface area (Å²) in [6.07, 6.45) is 5.11. The first-order chi connectivity index (χ1) is 14.1. The lowest BCUT2D eigenvalue weighted by atomic mass is 10.1. The molecule has 3 aromatic heterocycles. The number of nitrogens with one attached hydrogen (secondary N) is 1. The lowest BCUT2D eigenvalue weighted by Gasteiger charge is -2.33. The van der Waals surface area contributed by atoms with Gasteiger partial charge in [-0.25, -0.2) is 19.3 Å². The van der Waals surface area contributed by atoms with Gasteiger partial charge in [0.15, 0.2) is 17.3 Å². The monoisotopic (exact) mass is 392 g/mol. The van der Waals surface area contributed by atoms with E-state index in [1.807, 2.05) is 6.07 Å². The SMILES string of the molecule is CC1CN(c2ccc3nc(-c4cc(F)c5nc(CO)cn5c4)ncc3c2)CCN1. The van der Waals surface area contributed by atoms with Crippen LogP contribution >= 0.6 is 0 Å². The molecule has 1 aromatic carbocycles. The zero-order valence-electron chi connectivity index (χ0n) is 16.0. The van der Waals surface area contributed by atoms with Crippen LogP contribution in [0.2, 0.25) is 0 Å². The maximum absolute atomic E-state index is 14.5. The molecule has 7 nitrogen and oxygen atoms in total. The number of aromatic nitrogens is 4. The maximum Gasteiger partial charge on any atom is 0.173 e. The molecule has 5 rings (SSSR count). The van der Waals surface area contributed by atoms with Gasteiger partial charge in [0.05, 0.1) is 17.8 Å². The van der Waals surface area contributed by atoms with Crippen LogP contribution in [0.4, 0.5) is 10.1 Å². The normalized spacial score (nSPS) is 17.3. The average Bonchev–Trinajstić information content (AvgIpc) is 3.17. The van der Waals surface area contributed by atoms with Gasteiger partial charge in [0, 0.05) is 60.9 Å². The number of piperazine rings is 1. The number of aliphatic hydroxyl groups is 1. The third-order valence-corrected chi connectivity index (χ3v) is 5.27. The lowest BCUT2D eigenvalue weighted by molar-refractivity contribution is 0.277. The first-order valence-corrected chi connectivity index (χ1v) is 9.64. The summed E-state index contributed by atoms with van der Waals surface area (Å²) >= 11 is 0. The second-order valence-electron chi connectivity index (χ2n) is 7.44. The van der Waals surface area contributed by atoms with Crippen molar-refractivity contribution in [2.75, 3.05) is 24.5 Å². The minimum Gasteiger partial charge on any atom is -0.390 e. The molecule has 4 aromatic rings. The van der Waals surface area contributed by atoms with Crippen molar-refractivity contribution in [3.8, 4) is 11.4 Å². The van der Waals surface area contributed by atoms with Gasteiger partial charge in [0.25, 0.3) is 0 Å². The van der Waals surface area contributed by atoms with E-state index >= 15 is 0 Å². The Morgan fingerprint density at radius 1 is 1.24 bits per heavy atom. The zero-order chi connectivity index (χ0) is 20.0. The molecule has 1 saturated heterocycles. The molecule has 1 aliphatic heterocycles. The van der Waals surface area contributed by atoms with E-state index < -0.39 is 5.82 Å². The molecule has 0 spiro atoms. The number of hydrogen-bond donors (Lipinski definition) is 2. The number of benzene rings is 1. The van der Waals surface area contributed by atoms with Crippen molar-refractivity contribution in [1.82, 2.24) is 24.7 Å². The van der Waals surface area contributed by atoms with Crippen molar-refractivity contribution in [2.45, 2.75) is 19.6 Å². The number of aliphatic hydroxyl groups excluding tert-OH is 1. The molecule has 0 aliphatic carbocycles. The van der Waals surface area contributed by atoms with Crippen LogP contribution in [0, 0.1) is 5.82 Å². The summed E-state index contributed by atoms with van der Waals surface area (Å²) in [6.45, 7) is 4.84. The van der Waals surface area contributed by atoms with Crippen LogP contribution in [0.5, 0.6) is 0 Å². The van der Waals surface area contributed by atoms with Gasteiger partial charge in [0.2, 0.25) is 0 Å². The minimum atomic E-state index is -0.478. The van der Waals surface area contributed by atoms with Gasteiger partial charge >= 0.3 is 0 Å². The van der Waals surface area contributed by atoms with Crippen LogP contribution in [0.1, 0.15) is 12.6 Å². The van der Waals surface area contributed by atoms with Crippen LogP contribution in [-0.4, -0.2) is 50.1 Å². The number of imidazole rings is 1. The van der Waals surface area contributed by atoms with E-state index in [2.05, 4.69) is 44.2 Å². The Balaban J connectivity index is 1.51. The molecule has 1 aliphatic rings. The number of nitrogens with zero attached hydrogens (tertiary/aromatic N) is 5. The van der Waals surface area contributed by atoms with Gasteiger partial charge in [-0.1, -0.05) is 0 Å². The highest BCUT2D eigenvalue weighted by molar-refractivity contribution is 5.83. The van der Waals surface area contributed by atoms with Gasteiger partial charge in [0.1, 0.15) is 0 Å². The van der Waals surface area contributed by atoms with Crippen molar-refractivity contribution in [2.24, 2.45) is 0 Å². The van der Waals surface area contributed by atoms with Crippen LogP contribution in [0.3, 0.4) is 0 Å². The van der Waals surface area contributed by atoms with E-state index in [1.54, 1.807) is 23.0 Å². The zero-order valence-corrected chi connectivity index (χ0v) is 16.0. The molecule has 0 bridgehead atoms. The molecule has 29 heavy (non-hydrogen) atoms. The summed E-state index contributed by atoms with van der Waals surface area (Å²) in [6, 6.07) is 7.99. The summed E-state index contributed by atoms with van der Waals surface area (Å²) in [5.41, 5.74) is 3.11. The lowest BCUT2D eigenvalue weighted by Crippen LogP contribution is -2.49. The van der Waals surface area contributed by atoms with Crippen LogP contribution in [0.25, 0.3) is 27.9 Å². The van der Waals surface area contributed by atoms with E-state index in [0.29, 0.717) is 23.1 Å². The number of pyridine rings is 1. The molecule has 8 heteroatoms. The second-order valence-corrected chi connectivity index (χ2v) is 7.44. The fourth-order valence-corrected chi connectivity index (χ4v) is 3.83. The molecule has 2 N–H and O–H groups in total. The number of hydrogen-bond acceptors (Lipinski definition) is 6. The van der Waals surface area contributed by atoms with E-state index in [0.717, 1.165) is 36.2 Å². The van der Waals surface area contributed by atoms with Crippen molar-refractivity contribution in [1.29, 1.82) is 0 Å². The highest BCUT2D eigenvalue weighted by Gasteiger charge is 2.17. The number of fused-ring (bicyclic) bond motifs is 2. The summed E-state index contributed by atoms with van der Waals surface area (Å²) in [7, 11) is 0. The molecule has 0 radical (unpaired) electrons. The molecule has 4 heterocycles. The minimum absolute atomic E-state index is 0.175. The highest BCUT2D eigenvalue weighted by Crippen LogP contribution is 2.25. The molecular formula is C21H21FN6O. The van der Waals surface area contributed by atoms with Crippen LogP contribution in [-0.2, 0) is 6.61 Å². The van der Waals surface area contributed by atoms with E-state index in [-0.39, 0.29) is 12.3 Å². The molecule has 0 saturated carbocycles. The molecule has 1 unspecified atom stereocenters. The average molecular weight is 392 g/mol. The molecule has 0 amide bonds.